The first-order valence-corrected chi connectivity index (χ1v) is 7.66. The van der Waals surface area contributed by atoms with E-state index in [9.17, 15) is 9.50 Å². The fourth-order valence-corrected chi connectivity index (χ4v) is 2.97. The molecule has 0 unspecified atom stereocenters. The first-order chi connectivity index (χ1) is 10.0. The lowest BCUT2D eigenvalue weighted by Crippen LogP contribution is -2.36. The Morgan fingerprint density at radius 1 is 1.38 bits per heavy atom. The van der Waals surface area contributed by atoms with Crippen molar-refractivity contribution < 1.29 is 14.2 Å². The van der Waals surface area contributed by atoms with E-state index in [1.807, 2.05) is 13.8 Å². The number of hydrogen-bond acceptors (Lipinski definition) is 4. The summed E-state index contributed by atoms with van der Waals surface area (Å²) in [5.41, 5.74) is 7.15. The van der Waals surface area contributed by atoms with Gasteiger partial charge in [0, 0.05) is 24.7 Å². The maximum absolute atomic E-state index is 13.9. The smallest absolute Gasteiger partial charge is 0.167 e. The van der Waals surface area contributed by atoms with Crippen molar-refractivity contribution in [2.45, 2.75) is 51.7 Å². The van der Waals surface area contributed by atoms with Crippen molar-refractivity contribution in [2.24, 2.45) is 0 Å². The lowest BCUT2D eigenvalue weighted by molar-refractivity contribution is 0.231. The first kappa shape index (κ1) is 15.9. The minimum atomic E-state index is -0.444. The summed E-state index contributed by atoms with van der Waals surface area (Å²) >= 11 is 0. The second-order valence-electron chi connectivity index (χ2n) is 5.86. The molecule has 0 radical (unpaired) electrons. The van der Waals surface area contributed by atoms with E-state index in [1.165, 1.54) is 18.9 Å². The number of benzene rings is 1. The van der Waals surface area contributed by atoms with Gasteiger partial charge < -0.3 is 20.5 Å². The third-order valence-electron chi connectivity index (χ3n) is 3.86. The predicted octanol–water partition coefficient (Wildman–Crippen LogP) is 2.94. The first-order valence-electron chi connectivity index (χ1n) is 7.66. The maximum atomic E-state index is 13.9. The van der Waals surface area contributed by atoms with Gasteiger partial charge in [-0.2, -0.15) is 0 Å². The zero-order valence-corrected chi connectivity index (χ0v) is 12.8. The van der Waals surface area contributed by atoms with E-state index in [1.54, 1.807) is 6.07 Å². The number of ether oxygens (including phenoxy) is 1. The number of aliphatic hydroxyl groups excluding tert-OH is 1. The summed E-state index contributed by atoms with van der Waals surface area (Å²) in [5.74, 6) is -0.226. The fraction of sp³-hybridized carbons (Fsp3) is 0.625. The molecule has 1 aromatic carbocycles. The van der Waals surface area contributed by atoms with Crippen LogP contribution in [-0.4, -0.2) is 30.4 Å². The molecule has 0 heterocycles. The Hall–Kier alpha value is -1.49. The lowest BCUT2D eigenvalue weighted by atomic mass is 10.1. The number of aliphatic hydroxyl groups is 1. The molecule has 1 aromatic rings. The third kappa shape index (κ3) is 3.79. The van der Waals surface area contributed by atoms with Crippen LogP contribution >= 0.6 is 0 Å². The van der Waals surface area contributed by atoms with E-state index in [0.717, 1.165) is 18.5 Å². The van der Waals surface area contributed by atoms with Crippen LogP contribution < -0.4 is 15.4 Å². The molecule has 118 valence electrons. The second kappa shape index (κ2) is 6.98. The van der Waals surface area contributed by atoms with E-state index < -0.39 is 5.82 Å². The fourth-order valence-electron chi connectivity index (χ4n) is 2.97. The van der Waals surface area contributed by atoms with Gasteiger partial charge in [-0.3, -0.25) is 0 Å². The highest BCUT2D eigenvalue weighted by Crippen LogP contribution is 2.35. The van der Waals surface area contributed by atoms with Crippen LogP contribution in [-0.2, 0) is 0 Å². The van der Waals surface area contributed by atoms with Gasteiger partial charge in [-0.1, -0.05) is 12.8 Å². The monoisotopic (exact) mass is 296 g/mol. The average Bonchev–Trinajstić information content (AvgIpc) is 2.93. The van der Waals surface area contributed by atoms with Gasteiger partial charge in [-0.25, -0.2) is 4.39 Å². The molecule has 0 spiro atoms. The van der Waals surface area contributed by atoms with Crippen LogP contribution in [0.1, 0.15) is 39.5 Å². The van der Waals surface area contributed by atoms with Crippen LogP contribution in [0.5, 0.6) is 5.75 Å². The Bertz CT molecular complexity index is 474. The van der Waals surface area contributed by atoms with Gasteiger partial charge in [-0.05, 0) is 26.7 Å². The van der Waals surface area contributed by atoms with E-state index in [0.29, 0.717) is 18.3 Å². The van der Waals surface area contributed by atoms with E-state index in [-0.39, 0.29) is 18.5 Å². The molecule has 0 aliphatic heterocycles. The minimum absolute atomic E-state index is 0.0493. The Morgan fingerprint density at radius 3 is 2.62 bits per heavy atom. The largest absolute Gasteiger partial charge is 0.488 e. The number of hydrogen-bond donors (Lipinski definition) is 2. The zero-order chi connectivity index (χ0) is 15.4. The summed E-state index contributed by atoms with van der Waals surface area (Å²) < 4.78 is 19.5. The summed E-state index contributed by atoms with van der Waals surface area (Å²) in [6, 6.07) is 3.34. The number of nitrogens with two attached hydrogens (primary N) is 1. The quantitative estimate of drug-likeness (QED) is 0.792. The average molecular weight is 296 g/mol. The molecule has 1 fully saturated rings. The molecule has 1 saturated carbocycles. The normalized spacial score (nSPS) is 15.7. The highest BCUT2D eigenvalue weighted by atomic mass is 19.1. The van der Waals surface area contributed by atoms with Gasteiger partial charge in [0.05, 0.1) is 24.1 Å². The molecule has 21 heavy (non-hydrogen) atoms. The molecule has 2 rings (SSSR count). The third-order valence-corrected chi connectivity index (χ3v) is 3.86. The maximum Gasteiger partial charge on any atom is 0.167 e. The van der Waals surface area contributed by atoms with Crippen LogP contribution in [0.4, 0.5) is 15.8 Å². The van der Waals surface area contributed by atoms with Crippen molar-refractivity contribution in [3.63, 3.8) is 0 Å². The minimum Gasteiger partial charge on any atom is -0.488 e. The van der Waals surface area contributed by atoms with Gasteiger partial charge in [0.1, 0.15) is 0 Å². The van der Waals surface area contributed by atoms with Crippen LogP contribution in [0.2, 0.25) is 0 Å². The molecular weight excluding hydrogens is 271 g/mol. The Kier molecular flexibility index (Phi) is 5.28. The number of halogens is 1. The summed E-state index contributed by atoms with van der Waals surface area (Å²) in [4.78, 5) is 2.09. The van der Waals surface area contributed by atoms with Crippen LogP contribution in [0.15, 0.2) is 12.1 Å². The molecule has 5 heteroatoms. The van der Waals surface area contributed by atoms with E-state index in [4.69, 9.17) is 10.5 Å². The van der Waals surface area contributed by atoms with Crippen molar-refractivity contribution in [2.75, 3.05) is 23.8 Å². The Morgan fingerprint density at radius 2 is 2.05 bits per heavy atom. The standard InChI is InChI=1S/C16H25FN2O2/c1-11(2)21-16-10-15(14(18)9-13(16)17)19(7-8-20)12-5-3-4-6-12/h9-12,20H,3-8,18H2,1-2H3. The van der Waals surface area contributed by atoms with Crippen LogP contribution in [0.25, 0.3) is 0 Å². The van der Waals surface area contributed by atoms with Crippen molar-refractivity contribution in [3.8, 4) is 5.75 Å². The van der Waals surface area contributed by atoms with Crippen molar-refractivity contribution in [1.29, 1.82) is 0 Å². The van der Waals surface area contributed by atoms with Gasteiger partial charge in [0.15, 0.2) is 11.6 Å². The Balaban J connectivity index is 2.33. The summed E-state index contributed by atoms with van der Waals surface area (Å²) in [6.07, 6.45) is 4.43. The molecule has 0 aromatic heterocycles. The number of nitrogen functional groups attached to an aromatic ring is 1. The lowest BCUT2D eigenvalue weighted by Gasteiger charge is -2.32. The van der Waals surface area contributed by atoms with Crippen molar-refractivity contribution >= 4 is 11.4 Å². The molecule has 3 N–H and O–H groups in total. The summed E-state index contributed by atoms with van der Waals surface area (Å²) in [5, 5.41) is 9.33. The molecule has 1 aliphatic rings. The molecule has 0 bridgehead atoms. The molecule has 0 saturated heterocycles. The van der Waals surface area contributed by atoms with Crippen LogP contribution in [0.3, 0.4) is 0 Å². The van der Waals surface area contributed by atoms with E-state index >= 15 is 0 Å². The van der Waals surface area contributed by atoms with Crippen LogP contribution in [0, 0.1) is 5.82 Å². The number of rotatable bonds is 6. The SMILES string of the molecule is CC(C)Oc1cc(N(CCO)C2CCCC2)c(N)cc1F. The van der Waals surface area contributed by atoms with Gasteiger partial charge >= 0.3 is 0 Å². The van der Waals surface area contributed by atoms with Gasteiger partial charge in [0.25, 0.3) is 0 Å². The predicted molar refractivity (Wildman–Crippen MR) is 83.3 cm³/mol. The molecule has 1 aliphatic carbocycles. The number of anilines is 2. The second-order valence-corrected chi connectivity index (χ2v) is 5.86. The summed E-state index contributed by atoms with van der Waals surface area (Å²) in [7, 11) is 0. The van der Waals surface area contributed by atoms with Crippen molar-refractivity contribution in [1.82, 2.24) is 0 Å². The highest BCUT2D eigenvalue weighted by molar-refractivity contribution is 5.70. The number of nitrogens with zero attached hydrogens (tertiary/aromatic N) is 1. The van der Waals surface area contributed by atoms with Crippen molar-refractivity contribution in [3.05, 3.63) is 17.9 Å². The van der Waals surface area contributed by atoms with Gasteiger partial charge in [-0.15, -0.1) is 0 Å². The Labute approximate surface area is 125 Å². The summed E-state index contributed by atoms with van der Waals surface area (Å²) in [6.45, 7) is 4.27. The van der Waals surface area contributed by atoms with E-state index in [2.05, 4.69) is 4.90 Å². The molecular formula is C16H25FN2O2. The topological polar surface area (TPSA) is 58.7 Å². The van der Waals surface area contributed by atoms with Gasteiger partial charge in [0.2, 0.25) is 0 Å². The zero-order valence-electron chi connectivity index (χ0n) is 12.8. The molecule has 0 amide bonds. The highest BCUT2D eigenvalue weighted by Gasteiger charge is 2.25. The molecule has 0 atom stereocenters. The molecule has 4 nitrogen and oxygen atoms in total.